The molecule has 1 fully saturated rings. The van der Waals surface area contributed by atoms with Crippen LogP contribution in [-0.4, -0.2) is 61.8 Å². The van der Waals surface area contributed by atoms with Gasteiger partial charge in [0.15, 0.2) is 11.5 Å². The van der Waals surface area contributed by atoms with Crippen molar-refractivity contribution in [3.63, 3.8) is 0 Å². The molecule has 0 unspecified atom stereocenters. The van der Waals surface area contributed by atoms with Crippen LogP contribution in [0.3, 0.4) is 0 Å². The fourth-order valence-electron chi connectivity index (χ4n) is 4.25. The SMILES string of the molecule is COc1ccc(CNC(=O)C2=NOC3(CCN(C(=O)Nc4ccc(OC(F)(F)F)cc4)CC3)C2)cc1OC. The lowest BCUT2D eigenvalue weighted by molar-refractivity contribution is -0.274. The number of nitrogens with one attached hydrogen (secondary N) is 2. The third-order valence-corrected chi connectivity index (χ3v) is 6.30. The summed E-state index contributed by atoms with van der Waals surface area (Å²) in [6, 6.07) is 9.85. The molecular weight excluding hydrogens is 509 g/mol. The van der Waals surface area contributed by atoms with Gasteiger partial charge in [0.1, 0.15) is 17.1 Å². The summed E-state index contributed by atoms with van der Waals surface area (Å²) in [5, 5.41) is 9.49. The zero-order chi connectivity index (χ0) is 27.3. The average Bonchev–Trinajstić information content (AvgIpc) is 3.31. The third-order valence-electron chi connectivity index (χ3n) is 6.30. The van der Waals surface area contributed by atoms with Gasteiger partial charge in [-0.1, -0.05) is 11.2 Å². The van der Waals surface area contributed by atoms with Crippen molar-refractivity contribution < 1.29 is 41.8 Å². The summed E-state index contributed by atoms with van der Waals surface area (Å²) in [4.78, 5) is 32.5. The molecule has 2 aromatic carbocycles. The van der Waals surface area contributed by atoms with Gasteiger partial charge in [-0.2, -0.15) is 0 Å². The lowest BCUT2D eigenvalue weighted by Gasteiger charge is -2.37. The molecule has 2 heterocycles. The number of piperidine rings is 1. The molecule has 2 aliphatic rings. The van der Waals surface area contributed by atoms with Crippen molar-refractivity contribution in [2.45, 2.75) is 37.8 Å². The number of anilines is 1. The van der Waals surface area contributed by atoms with Crippen LogP contribution in [0.4, 0.5) is 23.7 Å². The normalized spacial score (nSPS) is 16.3. The predicted octanol–water partition coefficient (Wildman–Crippen LogP) is 4.06. The van der Waals surface area contributed by atoms with Crippen molar-refractivity contribution in [2.24, 2.45) is 5.16 Å². The minimum Gasteiger partial charge on any atom is -0.493 e. The first-order chi connectivity index (χ1) is 18.1. The quantitative estimate of drug-likeness (QED) is 0.552. The standard InChI is InChI=1S/C25H27F3N4O6/c1-35-20-8-3-16(13-21(20)36-2)15-29-22(33)19-14-24(38-31-19)9-11-32(12-10-24)23(34)30-17-4-6-18(7-5-17)37-25(26,27)28/h3-8,13H,9-12,14-15H2,1-2H3,(H,29,33)(H,30,34). The Morgan fingerprint density at radius 3 is 2.37 bits per heavy atom. The Hall–Kier alpha value is -4.16. The fraction of sp³-hybridized carbons (Fsp3) is 0.400. The summed E-state index contributed by atoms with van der Waals surface area (Å²) in [7, 11) is 3.08. The lowest BCUT2D eigenvalue weighted by Crippen LogP contribution is -2.48. The number of alkyl halides is 3. The van der Waals surface area contributed by atoms with Crippen molar-refractivity contribution >= 4 is 23.3 Å². The number of benzene rings is 2. The summed E-state index contributed by atoms with van der Waals surface area (Å²) >= 11 is 0. The van der Waals surface area contributed by atoms with Crippen LogP contribution in [0.5, 0.6) is 17.2 Å². The van der Waals surface area contributed by atoms with Gasteiger partial charge in [0, 0.05) is 44.6 Å². The van der Waals surface area contributed by atoms with Gasteiger partial charge < -0.3 is 34.6 Å². The van der Waals surface area contributed by atoms with Crippen LogP contribution in [-0.2, 0) is 16.2 Å². The topological polar surface area (TPSA) is 111 Å². The predicted molar refractivity (Wildman–Crippen MR) is 130 cm³/mol. The van der Waals surface area contributed by atoms with Gasteiger partial charge in [-0.3, -0.25) is 4.79 Å². The van der Waals surface area contributed by atoms with Crippen molar-refractivity contribution in [1.29, 1.82) is 0 Å². The number of urea groups is 1. The second kappa shape index (κ2) is 11.1. The highest BCUT2D eigenvalue weighted by Gasteiger charge is 2.44. The molecule has 0 radical (unpaired) electrons. The molecule has 0 aliphatic carbocycles. The molecule has 1 spiro atoms. The van der Waals surface area contributed by atoms with E-state index in [9.17, 15) is 22.8 Å². The molecule has 4 rings (SSSR count). The lowest BCUT2D eigenvalue weighted by atomic mass is 9.87. The number of hydrogen-bond acceptors (Lipinski definition) is 7. The van der Waals surface area contributed by atoms with Crippen molar-refractivity contribution in [2.75, 3.05) is 32.6 Å². The van der Waals surface area contributed by atoms with E-state index in [1.54, 1.807) is 24.1 Å². The molecular formula is C25H27F3N4O6. The Balaban J connectivity index is 1.23. The number of carbonyl (C=O) groups excluding carboxylic acids is 2. The number of hydrogen-bond donors (Lipinski definition) is 2. The third kappa shape index (κ3) is 6.58. The van der Waals surface area contributed by atoms with E-state index in [0.29, 0.717) is 49.5 Å². The molecule has 0 atom stereocenters. The summed E-state index contributed by atoms with van der Waals surface area (Å²) in [5.41, 5.74) is 0.777. The maximum absolute atomic E-state index is 12.7. The number of methoxy groups -OCH3 is 2. The largest absolute Gasteiger partial charge is 0.573 e. The maximum Gasteiger partial charge on any atom is 0.573 e. The summed E-state index contributed by atoms with van der Waals surface area (Å²) < 4.78 is 51.2. The number of ether oxygens (including phenoxy) is 3. The molecule has 2 aromatic rings. The number of rotatable bonds is 7. The highest BCUT2D eigenvalue weighted by atomic mass is 19.4. The molecule has 0 bridgehead atoms. The Kier molecular flexibility index (Phi) is 7.83. The second-order valence-corrected chi connectivity index (χ2v) is 8.85. The van der Waals surface area contributed by atoms with Crippen LogP contribution in [0.2, 0.25) is 0 Å². The number of halogens is 3. The monoisotopic (exact) mass is 536 g/mol. The molecule has 0 aromatic heterocycles. The van der Waals surface area contributed by atoms with E-state index in [0.717, 1.165) is 17.7 Å². The number of carbonyl (C=O) groups is 2. The smallest absolute Gasteiger partial charge is 0.493 e. The molecule has 10 nitrogen and oxygen atoms in total. The van der Waals surface area contributed by atoms with E-state index >= 15 is 0 Å². The zero-order valence-electron chi connectivity index (χ0n) is 20.8. The number of likely N-dealkylation sites (tertiary alicyclic amines) is 1. The molecule has 204 valence electrons. The van der Waals surface area contributed by atoms with Crippen LogP contribution < -0.4 is 24.8 Å². The fourth-order valence-corrected chi connectivity index (χ4v) is 4.25. The number of amides is 3. The molecule has 0 saturated carbocycles. The molecule has 3 amide bonds. The van der Waals surface area contributed by atoms with Gasteiger partial charge in [-0.15, -0.1) is 13.2 Å². The van der Waals surface area contributed by atoms with Crippen LogP contribution in [0.1, 0.15) is 24.8 Å². The van der Waals surface area contributed by atoms with Crippen molar-refractivity contribution in [1.82, 2.24) is 10.2 Å². The van der Waals surface area contributed by atoms with E-state index in [4.69, 9.17) is 14.3 Å². The Bertz CT molecular complexity index is 1190. The Morgan fingerprint density at radius 1 is 1.05 bits per heavy atom. The zero-order valence-corrected chi connectivity index (χ0v) is 20.8. The van der Waals surface area contributed by atoms with Crippen LogP contribution >= 0.6 is 0 Å². The Labute approximate surface area is 216 Å². The van der Waals surface area contributed by atoms with E-state index in [1.165, 1.54) is 19.2 Å². The second-order valence-electron chi connectivity index (χ2n) is 8.85. The van der Waals surface area contributed by atoms with Gasteiger partial charge in [0.2, 0.25) is 0 Å². The molecule has 2 N–H and O–H groups in total. The van der Waals surface area contributed by atoms with E-state index < -0.39 is 18.0 Å². The first-order valence-electron chi connectivity index (χ1n) is 11.8. The van der Waals surface area contributed by atoms with E-state index in [-0.39, 0.29) is 23.9 Å². The maximum atomic E-state index is 12.7. The summed E-state index contributed by atoms with van der Waals surface area (Å²) in [5.74, 6) is 0.432. The summed E-state index contributed by atoms with van der Waals surface area (Å²) in [6.45, 7) is 0.983. The average molecular weight is 537 g/mol. The number of nitrogens with zero attached hydrogens (tertiary/aromatic N) is 2. The molecule has 2 aliphatic heterocycles. The van der Waals surface area contributed by atoms with Crippen LogP contribution in [0.15, 0.2) is 47.6 Å². The number of oxime groups is 1. The van der Waals surface area contributed by atoms with Gasteiger partial charge in [0.05, 0.1) is 14.2 Å². The Morgan fingerprint density at radius 2 is 1.74 bits per heavy atom. The minimum absolute atomic E-state index is 0.266. The van der Waals surface area contributed by atoms with Crippen molar-refractivity contribution in [3.05, 3.63) is 48.0 Å². The first kappa shape index (κ1) is 26.9. The highest BCUT2D eigenvalue weighted by Crippen LogP contribution is 2.35. The molecule has 38 heavy (non-hydrogen) atoms. The first-order valence-corrected chi connectivity index (χ1v) is 11.8. The van der Waals surface area contributed by atoms with E-state index in [1.807, 2.05) is 6.07 Å². The molecule has 1 saturated heterocycles. The van der Waals surface area contributed by atoms with Crippen LogP contribution in [0, 0.1) is 0 Å². The minimum atomic E-state index is -4.79. The van der Waals surface area contributed by atoms with Gasteiger partial charge in [0.25, 0.3) is 5.91 Å². The van der Waals surface area contributed by atoms with Gasteiger partial charge in [-0.05, 0) is 42.0 Å². The van der Waals surface area contributed by atoms with Gasteiger partial charge in [-0.25, -0.2) is 4.79 Å². The van der Waals surface area contributed by atoms with Crippen LogP contribution in [0.25, 0.3) is 0 Å². The summed E-state index contributed by atoms with van der Waals surface area (Å²) in [6.07, 6.45) is -3.53. The van der Waals surface area contributed by atoms with E-state index in [2.05, 4.69) is 20.5 Å². The highest BCUT2D eigenvalue weighted by molar-refractivity contribution is 6.39. The molecule has 13 heteroatoms. The van der Waals surface area contributed by atoms with Gasteiger partial charge >= 0.3 is 12.4 Å². The van der Waals surface area contributed by atoms with Crippen molar-refractivity contribution in [3.8, 4) is 17.2 Å².